The van der Waals surface area contributed by atoms with Crippen molar-refractivity contribution in [3.05, 3.63) is 35.4 Å². The van der Waals surface area contributed by atoms with E-state index in [9.17, 15) is 19.2 Å². The van der Waals surface area contributed by atoms with Crippen molar-refractivity contribution < 1.29 is 23.9 Å². The van der Waals surface area contributed by atoms with E-state index in [1.54, 1.807) is 0 Å². The molecule has 0 aromatic heterocycles. The van der Waals surface area contributed by atoms with Crippen molar-refractivity contribution in [2.24, 2.45) is 0 Å². The maximum atomic E-state index is 13.0. The molecule has 0 unspecified atom stereocenters. The van der Waals surface area contributed by atoms with Gasteiger partial charge in [-0.1, -0.05) is 24.3 Å². The quantitative estimate of drug-likeness (QED) is 0.413. The summed E-state index contributed by atoms with van der Waals surface area (Å²) in [6, 6.07) is 8.66. The Hall–Kier alpha value is -3.41. The van der Waals surface area contributed by atoms with E-state index in [0.717, 1.165) is 28.9 Å². The van der Waals surface area contributed by atoms with Crippen molar-refractivity contribution in [1.29, 1.82) is 5.26 Å². The van der Waals surface area contributed by atoms with E-state index in [4.69, 9.17) is 10.00 Å². The minimum atomic E-state index is -1.15. The Morgan fingerprint density at radius 2 is 2.11 bits per heavy atom. The largest absolute Gasteiger partial charge is 0.454 e. The summed E-state index contributed by atoms with van der Waals surface area (Å²) >= 11 is 0. The van der Waals surface area contributed by atoms with Gasteiger partial charge in [-0.05, 0) is 30.4 Å². The highest BCUT2D eigenvalue weighted by atomic mass is 16.5. The van der Waals surface area contributed by atoms with Crippen LogP contribution in [-0.4, -0.2) is 48.4 Å². The van der Waals surface area contributed by atoms with Crippen LogP contribution in [-0.2, 0) is 31.1 Å². The molecule has 1 fully saturated rings. The van der Waals surface area contributed by atoms with Gasteiger partial charge in [0.15, 0.2) is 6.61 Å². The molecule has 4 amide bonds. The monoisotopic (exact) mass is 384 g/mol. The first-order chi connectivity index (χ1) is 13.5. The van der Waals surface area contributed by atoms with Crippen LogP contribution in [0.4, 0.5) is 4.79 Å². The zero-order valence-electron chi connectivity index (χ0n) is 15.2. The van der Waals surface area contributed by atoms with E-state index in [0.29, 0.717) is 6.42 Å². The average molecular weight is 384 g/mol. The summed E-state index contributed by atoms with van der Waals surface area (Å²) in [5.74, 6) is -1.90. The van der Waals surface area contributed by atoms with Crippen LogP contribution in [0.3, 0.4) is 0 Å². The lowest BCUT2D eigenvalue weighted by atomic mass is 9.76. The summed E-state index contributed by atoms with van der Waals surface area (Å²) in [6.45, 7) is -0.955. The van der Waals surface area contributed by atoms with E-state index < -0.39 is 42.5 Å². The fraction of sp³-hybridized carbons (Fsp3) is 0.421. The molecule has 2 N–H and O–H groups in total. The number of carbonyl (C=O) groups excluding carboxylic acids is 4. The molecule has 28 heavy (non-hydrogen) atoms. The number of nitrogens with zero attached hydrogens (tertiary/aromatic N) is 2. The molecule has 0 radical (unpaired) electrons. The van der Waals surface area contributed by atoms with Gasteiger partial charge in [-0.2, -0.15) is 5.26 Å². The van der Waals surface area contributed by atoms with Gasteiger partial charge in [-0.15, -0.1) is 0 Å². The van der Waals surface area contributed by atoms with Crippen molar-refractivity contribution >= 4 is 23.8 Å². The predicted molar refractivity (Wildman–Crippen MR) is 95.5 cm³/mol. The topological polar surface area (TPSA) is 129 Å². The maximum Gasteiger partial charge on any atom is 0.326 e. The molecule has 1 aliphatic carbocycles. The molecule has 3 rings (SSSR count). The highest BCUT2D eigenvalue weighted by Crippen LogP contribution is 2.39. The lowest BCUT2D eigenvalue weighted by Crippen LogP contribution is -2.46. The summed E-state index contributed by atoms with van der Waals surface area (Å²) in [5.41, 5.74) is 0.606. The van der Waals surface area contributed by atoms with Crippen LogP contribution < -0.4 is 10.6 Å². The molecule has 1 saturated heterocycles. The number of hydrogen-bond donors (Lipinski definition) is 2. The Balaban J connectivity index is 1.63. The number of amides is 4. The van der Waals surface area contributed by atoms with E-state index in [-0.39, 0.29) is 13.0 Å². The number of fused-ring (bicyclic) bond motifs is 2. The number of rotatable bonds is 6. The lowest BCUT2D eigenvalue weighted by Gasteiger charge is -2.33. The van der Waals surface area contributed by atoms with Gasteiger partial charge in [-0.3, -0.25) is 19.3 Å². The summed E-state index contributed by atoms with van der Waals surface area (Å²) < 4.78 is 4.83. The number of imide groups is 1. The zero-order valence-corrected chi connectivity index (χ0v) is 15.2. The maximum absolute atomic E-state index is 13.0. The van der Waals surface area contributed by atoms with Crippen molar-refractivity contribution in [2.45, 2.75) is 31.2 Å². The van der Waals surface area contributed by atoms with E-state index >= 15 is 0 Å². The second-order valence-corrected chi connectivity index (χ2v) is 6.66. The predicted octanol–water partition coefficient (Wildman–Crippen LogP) is 0.343. The van der Waals surface area contributed by atoms with Crippen LogP contribution in [0.5, 0.6) is 0 Å². The molecule has 1 heterocycles. The minimum absolute atomic E-state index is 0.145. The second-order valence-electron chi connectivity index (χ2n) is 6.66. The Morgan fingerprint density at radius 1 is 1.32 bits per heavy atom. The standard InChI is InChI=1S/C19H20N4O5/c20-9-4-10-21-15(24)12-28-16(25)11-23-17(26)19(22-18(23)27)8-3-6-13-5-1-2-7-14(13)19/h1-2,5,7H,3-4,6,8,10-12H2,(H,21,24)(H,22,27)/t19-/m1/s1. The number of urea groups is 1. The molecule has 9 nitrogen and oxygen atoms in total. The van der Waals surface area contributed by atoms with Crippen LogP contribution in [0, 0.1) is 11.3 Å². The third-order valence-electron chi connectivity index (χ3n) is 4.86. The smallest absolute Gasteiger partial charge is 0.326 e. The zero-order chi connectivity index (χ0) is 20.1. The van der Waals surface area contributed by atoms with Crippen LogP contribution in [0.2, 0.25) is 0 Å². The molecule has 1 spiro atoms. The Labute approximate surface area is 161 Å². The molecule has 0 bridgehead atoms. The molecule has 1 aromatic rings. The Kier molecular flexibility index (Phi) is 5.59. The van der Waals surface area contributed by atoms with Gasteiger partial charge in [0.05, 0.1) is 12.5 Å². The van der Waals surface area contributed by atoms with Crippen molar-refractivity contribution in [3.63, 3.8) is 0 Å². The molecule has 146 valence electrons. The molecular weight excluding hydrogens is 364 g/mol. The van der Waals surface area contributed by atoms with E-state index in [1.807, 2.05) is 30.3 Å². The van der Waals surface area contributed by atoms with Gasteiger partial charge in [0, 0.05) is 6.54 Å². The molecule has 1 atom stereocenters. The SMILES string of the molecule is N#CCCNC(=O)COC(=O)CN1C(=O)N[C@@]2(CCCc3ccccc32)C1=O. The third kappa shape index (κ3) is 3.67. The summed E-state index contributed by atoms with van der Waals surface area (Å²) in [5, 5.41) is 13.6. The van der Waals surface area contributed by atoms with E-state index in [1.165, 1.54) is 0 Å². The first kappa shape index (κ1) is 19.4. The number of carbonyl (C=O) groups is 4. The summed E-state index contributed by atoms with van der Waals surface area (Å²) in [4.78, 5) is 49.8. The fourth-order valence-electron chi connectivity index (χ4n) is 3.58. The number of nitrogens with one attached hydrogen (secondary N) is 2. The van der Waals surface area contributed by atoms with Crippen LogP contribution in [0.25, 0.3) is 0 Å². The Morgan fingerprint density at radius 3 is 2.89 bits per heavy atom. The normalized spacial score (nSPS) is 20.3. The summed E-state index contributed by atoms with van der Waals surface area (Å²) in [7, 11) is 0. The number of nitriles is 1. The van der Waals surface area contributed by atoms with Gasteiger partial charge < -0.3 is 15.4 Å². The second kappa shape index (κ2) is 8.08. The first-order valence-electron chi connectivity index (χ1n) is 9.00. The van der Waals surface area contributed by atoms with Crippen LogP contribution in [0.1, 0.15) is 30.4 Å². The Bertz CT molecular complexity index is 862. The van der Waals surface area contributed by atoms with Gasteiger partial charge >= 0.3 is 12.0 Å². The van der Waals surface area contributed by atoms with Crippen LogP contribution in [0.15, 0.2) is 24.3 Å². The molecule has 0 saturated carbocycles. The summed E-state index contributed by atoms with van der Waals surface area (Å²) in [6.07, 6.45) is 2.17. The minimum Gasteiger partial charge on any atom is -0.454 e. The van der Waals surface area contributed by atoms with Crippen molar-refractivity contribution in [1.82, 2.24) is 15.5 Å². The van der Waals surface area contributed by atoms with E-state index in [2.05, 4.69) is 10.6 Å². The highest BCUT2D eigenvalue weighted by Gasteiger charge is 2.54. The third-order valence-corrected chi connectivity index (χ3v) is 4.86. The van der Waals surface area contributed by atoms with Gasteiger partial charge in [-0.25, -0.2) is 4.79 Å². The number of benzene rings is 1. The lowest BCUT2D eigenvalue weighted by molar-refractivity contribution is -0.151. The van der Waals surface area contributed by atoms with Gasteiger partial charge in [0.2, 0.25) is 0 Å². The molecular formula is C19H20N4O5. The molecule has 2 aliphatic rings. The number of esters is 1. The number of ether oxygens (including phenoxy) is 1. The number of aryl methyl sites for hydroxylation is 1. The van der Waals surface area contributed by atoms with Gasteiger partial charge in [0.25, 0.3) is 11.8 Å². The number of hydrogen-bond acceptors (Lipinski definition) is 6. The molecule has 1 aromatic carbocycles. The average Bonchev–Trinajstić information content (AvgIpc) is 2.92. The fourth-order valence-corrected chi connectivity index (χ4v) is 3.58. The van der Waals surface area contributed by atoms with Crippen LogP contribution >= 0.6 is 0 Å². The highest BCUT2D eigenvalue weighted by molar-refractivity contribution is 6.09. The van der Waals surface area contributed by atoms with Crippen molar-refractivity contribution in [2.75, 3.05) is 19.7 Å². The van der Waals surface area contributed by atoms with Gasteiger partial charge in [0.1, 0.15) is 12.1 Å². The molecule has 1 aliphatic heterocycles. The molecule has 9 heteroatoms. The first-order valence-corrected chi connectivity index (χ1v) is 9.00. The van der Waals surface area contributed by atoms with Crippen molar-refractivity contribution in [3.8, 4) is 6.07 Å².